The molecule has 2 unspecified atom stereocenters. The van der Waals surface area contributed by atoms with Crippen LogP contribution in [0.2, 0.25) is 0 Å². The number of phenolic OH excluding ortho intramolecular Hbond substituents is 2. The summed E-state index contributed by atoms with van der Waals surface area (Å²) in [5.41, 5.74) is -0.0471. The monoisotopic (exact) mass is 264 g/mol. The van der Waals surface area contributed by atoms with Crippen LogP contribution in [0.25, 0.3) is 0 Å². The van der Waals surface area contributed by atoms with Gasteiger partial charge >= 0.3 is 0 Å². The summed E-state index contributed by atoms with van der Waals surface area (Å²) in [6.45, 7) is 3.05. The molecule has 2 atom stereocenters. The maximum absolute atomic E-state index is 12.1. The number of amides is 1. The molecule has 1 aliphatic rings. The van der Waals surface area contributed by atoms with Crippen molar-refractivity contribution in [3.8, 4) is 11.5 Å². The first-order valence-electron chi connectivity index (χ1n) is 6.51. The number of carbonyl (C=O) groups is 1. The van der Waals surface area contributed by atoms with E-state index in [0.29, 0.717) is 6.04 Å². The zero-order valence-electron chi connectivity index (χ0n) is 11.3. The number of phenols is 2. The summed E-state index contributed by atoms with van der Waals surface area (Å²) in [6, 6.07) is 4.78. The third-order valence-electron chi connectivity index (χ3n) is 3.79. The average Bonchev–Trinajstić information content (AvgIpc) is 2.33. The topological polar surface area (TPSA) is 72.8 Å². The zero-order chi connectivity index (χ0) is 14.0. The van der Waals surface area contributed by atoms with Gasteiger partial charge in [-0.25, -0.2) is 0 Å². The molecule has 1 saturated heterocycles. The van der Waals surface area contributed by atoms with Crippen molar-refractivity contribution >= 4 is 5.91 Å². The summed E-state index contributed by atoms with van der Waals surface area (Å²) >= 11 is 0. The van der Waals surface area contributed by atoms with Gasteiger partial charge in [-0.05, 0) is 38.9 Å². The Hall–Kier alpha value is -1.75. The molecule has 0 radical (unpaired) electrons. The van der Waals surface area contributed by atoms with Crippen LogP contribution in [0.4, 0.5) is 0 Å². The standard InChI is InChI=1S/C14H20N2O3/c1-9-8-10(6-7-16(9)2)15-14(19)13-11(17)4-3-5-12(13)18/h3-5,9-10,17-18H,6-8H2,1-2H3,(H,15,19). The Morgan fingerprint density at radius 1 is 1.37 bits per heavy atom. The van der Waals surface area contributed by atoms with Gasteiger partial charge in [-0.1, -0.05) is 6.07 Å². The van der Waals surface area contributed by atoms with Gasteiger partial charge in [0.1, 0.15) is 17.1 Å². The van der Waals surface area contributed by atoms with Crippen LogP contribution in [0, 0.1) is 0 Å². The number of likely N-dealkylation sites (tertiary alicyclic amines) is 1. The van der Waals surface area contributed by atoms with Gasteiger partial charge in [0.15, 0.2) is 0 Å². The lowest BCUT2D eigenvalue weighted by Gasteiger charge is -2.35. The van der Waals surface area contributed by atoms with E-state index in [1.165, 1.54) is 18.2 Å². The van der Waals surface area contributed by atoms with Crippen LogP contribution in [-0.4, -0.2) is 46.7 Å². The van der Waals surface area contributed by atoms with E-state index in [0.717, 1.165) is 19.4 Å². The molecule has 0 aromatic heterocycles. The fourth-order valence-electron chi connectivity index (χ4n) is 2.44. The van der Waals surface area contributed by atoms with E-state index in [2.05, 4.69) is 24.2 Å². The summed E-state index contributed by atoms with van der Waals surface area (Å²) < 4.78 is 0. The lowest BCUT2D eigenvalue weighted by molar-refractivity contribution is 0.0891. The van der Waals surface area contributed by atoms with Crippen LogP contribution in [0.15, 0.2) is 18.2 Å². The van der Waals surface area contributed by atoms with Crippen LogP contribution in [0.1, 0.15) is 30.1 Å². The molecule has 3 N–H and O–H groups in total. The number of rotatable bonds is 2. The van der Waals surface area contributed by atoms with Crippen molar-refractivity contribution in [1.29, 1.82) is 0 Å². The van der Waals surface area contributed by atoms with Gasteiger partial charge in [0.25, 0.3) is 5.91 Å². The summed E-state index contributed by atoms with van der Waals surface area (Å²) in [5.74, 6) is -0.811. The SMILES string of the molecule is CC1CC(NC(=O)c2c(O)cccc2O)CCN1C. The van der Waals surface area contributed by atoms with Crippen molar-refractivity contribution in [2.75, 3.05) is 13.6 Å². The van der Waals surface area contributed by atoms with Crippen LogP contribution < -0.4 is 5.32 Å². The van der Waals surface area contributed by atoms with Gasteiger partial charge < -0.3 is 20.4 Å². The molecule has 19 heavy (non-hydrogen) atoms. The smallest absolute Gasteiger partial charge is 0.259 e. The third-order valence-corrected chi connectivity index (χ3v) is 3.79. The molecular weight excluding hydrogens is 244 g/mol. The number of aromatic hydroxyl groups is 2. The molecule has 1 amide bonds. The number of hydrogen-bond donors (Lipinski definition) is 3. The lowest BCUT2D eigenvalue weighted by atomic mass is 9.98. The summed E-state index contributed by atoms with van der Waals surface area (Å²) in [7, 11) is 2.07. The second-order valence-corrected chi connectivity index (χ2v) is 5.20. The quantitative estimate of drug-likeness (QED) is 0.753. The molecule has 104 valence electrons. The highest BCUT2D eigenvalue weighted by molar-refractivity contribution is 5.99. The molecule has 1 aromatic carbocycles. The minimum Gasteiger partial charge on any atom is -0.507 e. The molecule has 1 aromatic rings. The van der Waals surface area contributed by atoms with Gasteiger partial charge in [0.2, 0.25) is 0 Å². The fourth-order valence-corrected chi connectivity index (χ4v) is 2.44. The van der Waals surface area contributed by atoms with E-state index in [-0.39, 0.29) is 23.1 Å². The molecule has 2 rings (SSSR count). The highest BCUT2D eigenvalue weighted by Gasteiger charge is 2.25. The fraction of sp³-hybridized carbons (Fsp3) is 0.500. The number of nitrogens with zero attached hydrogens (tertiary/aromatic N) is 1. The van der Waals surface area contributed by atoms with Crippen LogP contribution in [0.3, 0.4) is 0 Å². The van der Waals surface area contributed by atoms with Crippen LogP contribution >= 0.6 is 0 Å². The first-order valence-corrected chi connectivity index (χ1v) is 6.51. The molecule has 5 heteroatoms. The number of carbonyl (C=O) groups excluding carboxylic acids is 1. The molecule has 5 nitrogen and oxygen atoms in total. The van der Waals surface area contributed by atoms with E-state index < -0.39 is 5.91 Å². The maximum atomic E-state index is 12.1. The van der Waals surface area contributed by atoms with E-state index in [4.69, 9.17) is 0 Å². The average molecular weight is 264 g/mol. The molecule has 1 aliphatic heterocycles. The van der Waals surface area contributed by atoms with Gasteiger partial charge in [0, 0.05) is 18.6 Å². The van der Waals surface area contributed by atoms with E-state index in [1.54, 1.807) is 0 Å². The molecule has 1 fully saturated rings. The lowest BCUT2D eigenvalue weighted by Crippen LogP contribution is -2.47. The van der Waals surface area contributed by atoms with Crippen molar-refractivity contribution in [1.82, 2.24) is 10.2 Å². The van der Waals surface area contributed by atoms with Crippen molar-refractivity contribution < 1.29 is 15.0 Å². The highest BCUT2D eigenvalue weighted by atomic mass is 16.3. The van der Waals surface area contributed by atoms with Gasteiger partial charge in [-0.2, -0.15) is 0 Å². The Morgan fingerprint density at radius 3 is 2.58 bits per heavy atom. The maximum Gasteiger partial charge on any atom is 0.259 e. The van der Waals surface area contributed by atoms with Gasteiger partial charge in [0.05, 0.1) is 0 Å². The molecule has 0 spiro atoms. The Bertz CT molecular complexity index is 456. The molecule has 1 heterocycles. The Kier molecular flexibility index (Phi) is 3.95. The van der Waals surface area contributed by atoms with E-state index in [1.807, 2.05) is 0 Å². The number of nitrogens with one attached hydrogen (secondary N) is 1. The molecule has 0 bridgehead atoms. The largest absolute Gasteiger partial charge is 0.507 e. The Morgan fingerprint density at radius 2 is 2.00 bits per heavy atom. The number of benzene rings is 1. The van der Waals surface area contributed by atoms with E-state index >= 15 is 0 Å². The Balaban J connectivity index is 2.06. The van der Waals surface area contributed by atoms with Crippen molar-refractivity contribution in [3.05, 3.63) is 23.8 Å². The number of hydrogen-bond acceptors (Lipinski definition) is 4. The highest BCUT2D eigenvalue weighted by Crippen LogP contribution is 2.26. The zero-order valence-corrected chi connectivity index (χ0v) is 11.3. The second kappa shape index (κ2) is 5.48. The second-order valence-electron chi connectivity index (χ2n) is 5.20. The first-order chi connectivity index (χ1) is 8.99. The van der Waals surface area contributed by atoms with Gasteiger partial charge in [-0.15, -0.1) is 0 Å². The predicted octanol–water partition coefficient (Wildman–Crippen LogP) is 1.31. The predicted molar refractivity (Wildman–Crippen MR) is 72.4 cm³/mol. The molecular formula is C14H20N2O3. The molecule has 0 saturated carbocycles. The third kappa shape index (κ3) is 2.98. The van der Waals surface area contributed by atoms with Crippen LogP contribution in [0.5, 0.6) is 11.5 Å². The van der Waals surface area contributed by atoms with E-state index in [9.17, 15) is 15.0 Å². The summed E-state index contributed by atoms with van der Waals surface area (Å²) in [5, 5.41) is 22.2. The van der Waals surface area contributed by atoms with Gasteiger partial charge in [-0.3, -0.25) is 4.79 Å². The van der Waals surface area contributed by atoms with Crippen molar-refractivity contribution in [2.24, 2.45) is 0 Å². The van der Waals surface area contributed by atoms with Crippen LogP contribution in [-0.2, 0) is 0 Å². The first kappa shape index (κ1) is 13.7. The van der Waals surface area contributed by atoms with Crippen molar-refractivity contribution in [2.45, 2.75) is 31.8 Å². The summed E-state index contributed by atoms with van der Waals surface area (Å²) in [6.07, 6.45) is 1.75. The summed E-state index contributed by atoms with van der Waals surface area (Å²) in [4.78, 5) is 14.3. The minimum absolute atomic E-state index is 0.0471. The van der Waals surface area contributed by atoms with Crippen molar-refractivity contribution in [3.63, 3.8) is 0 Å². The minimum atomic E-state index is -0.419. The number of piperidine rings is 1. The normalized spacial score (nSPS) is 24.1. The Labute approximate surface area is 112 Å². The molecule has 0 aliphatic carbocycles.